The van der Waals surface area contributed by atoms with Crippen LogP contribution in [0.25, 0.3) is 5.52 Å². The lowest BCUT2D eigenvalue weighted by Gasteiger charge is -2.11. The molecule has 2 aromatic heterocycles. The van der Waals surface area contributed by atoms with Crippen molar-refractivity contribution in [3.8, 4) is 0 Å². The molecule has 1 aromatic carbocycles. The van der Waals surface area contributed by atoms with Gasteiger partial charge in [-0.2, -0.15) is 13.9 Å². The molecule has 0 fully saturated rings. The molecule has 11 heteroatoms. The van der Waals surface area contributed by atoms with Crippen LogP contribution in [0.5, 0.6) is 0 Å². The van der Waals surface area contributed by atoms with Crippen LogP contribution < -0.4 is 10.0 Å². The SMILES string of the molecule is O=C(NCCS(=O)(=O)Nc1ccn2nccc2c1)c1ccccc1SC(F)F. The Bertz CT molecular complexity index is 1090. The molecule has 7 nitrogen and oxygen atoms in total. The number of fused-ring (bicyclic) bond motifs is 1. The van der Waals surface area contributed by atoms with E-state index in [0.29, 0.717) is 5.69 Å². The van der Waals surface area contributed by atoms with Crippen molar-refractivity contribution in [3.63, 3.8) is 0 Å². The largest absolute Gasteiger partial charge is 0.351 e. The summed E-state index contributed by atoms with van der Waals surface area (Å²) in [7, 11) is -3.71. The molecule has 0 aliphatic rings. The number of halogens is 2. The van der Waals surface area contributed by atoms with Gasteiger partial charge in [-0.05, 0) is 30.3 Å². The molecule has 0 saturated carbocycles. The van der Waals surface area contributed by atoms with Crippen molar-refractivity contribution in [1.29, 1.82) is 0 Å². The van der Waals surface area contributed by atoms with Crippen LogP contribution >= 0.6 is 11.8 Å². The first-order valence-electron chi connectivity index (χ1n) is 8.10. The lowest BCUT2D eigenvalue weighted by atomic mass is 10.2. The fourth-order valence-electron chi connectivity index (χ4n) is 2.46. The molecule has 0 spiro atoms. The number of hydrogen-bond acceptors (Lipinski definition) is 5. The summed E-state index contributed by atoms with van der Waals surface area (Å²) in [6.07, 6.45) is 3.21. The molecule has 28 heavy (non-hydrogen) atoms. The van der Waals surface area contributed by atoms with Gasteiger partial charge in [0.15, 0.2) is 0 Å². The van der Waals surface area contributed by atoms with Crippen molar-refractivity contribution < 1.29 is 22.0 Å². The number of anilines is 1. The Hall–Kier alpha value is -2.66. The minimum absolute atomic E-state index is 0.0735. The quantitative estimate of drug-likeness (QED) is 0.541. The molecule has 0 unspecified atom stereocenters. The van der Waals surface area contributed by atoms with Crippen LogP contribution in [0.1, 0.15) is 10.4 Å². The fourth-order valence-corrected chi connectivity index (χ4v) is 4.06. The van der Waals surface area contributed by atoms with E-state index >= 15 is 0 Å². The second-order valence-electron chi connectivity index (χ2n) is 5.67. The standard InChI is InChI=1S/C17H16F2N4O3S2/c18-17(19)27-15-4-2-1-3-14(15)16(24)20-8-10-28(25,26)22-12-6-9-23-13(11-12)5-7-21-23/h1-7,9,11,17,22H,8,10H2,(H,20,24). The van der Waals surface area contributed by atoms with Crippen LogP contribution in [0.4, 0.5) is 14.5 Å². The van der Waals surface area contributed by atoms with Crippen LogP contribution in [-0.2, 0) is 10.0 Å². The summed E-state index contributed by atoms with van der Waals surface area (Å²) in [5, 5.41) is 6.47. The van der Waals surface area contributed by atoms with E-state index in [0.717, 1.165) is 5.52 Å². The number of thioether (sulfide) groups is 1. The molecule has 0 aliphatic carbocycles. The Labute approximate surface area is 164 Å². The Morgan fingerprint density at radius 2 is 2.00 bits per heavy atom. The monoisotopic (exact) mass is 426 g/mol. The molecular formula is C17H16F2N4O3S2. The molecule has 0 aliphatic heterocycles. The van der Waals surface area contributed by atoms with Gasteiger partial charge in [-0.1, -0.05) is 23.9 Å². The van der Waals surface area contributed by atoms with E-state index in [4.69, 9.17) is 0 Å². The molecular weight excluding hydrogens is 410 g/mol. The number of nitrogens with zero attached hydrogens (tertiary/aromatic N) is 2. The van der Waals surface area contributed by atoms with Gasteiger partial charge in [-0.25, -0.2) is 12.9 Å². The summed E-state index contributed by atoms with van der Waals surface area (Å²) < 4.78 is 53.6. The maximum absolute atomic E-state index is 12.6. The molecule has 0 bridgehead atoms. The van der Waals surface area contributed by atoms with Crippen molar-refractivity contribution in [2.24, 2.45) is 0 Å². The Balaban J connectivity index is 1.58. The normalized spacial score (nSPS) is 11.7. The van der Waals surface area contributed by atoms with Gasteiger partial charge >= 0.3 is 0 Å². The van der Waals surface area contributed by atoms with Gasteiger partial charge in [-0.3, -0.25) is 9.52 Å². The number of alkyl halides is 2. The van der Waals surface area contributed by atoms with Crippen LogP contribution in [-0.4, -0.2) is 42.0 Å². The van der Waals surface area contributed by atoms with Gasteiger partial charge in [0.25, 0.3) is 11.7 Å². The van der Waals surface area contributed by atoms with Crippen molar-refractivity contribution in [1.82, 2.24) is 14.9 Å². The minimum Gasteiger partial charge on any atom is -0.351 e. The molecule has 148 valence electrons. The number of carbonyl (C=O) groups excluding carboxylic acids is 1. The van der Waals surface area contributed by atoms with Crippen LogP contribution in [0.2, 0.25) is 0 Å². The van der Waals surface area contributed by atoms with Crippen LogP contribution in [0.15, 0.2) is 59.8 Å². The molecule has 2 N–H and O–H groups in total. The van der Waals surface area contributed by atoms with E-state index < -0.39 is 21.7 Å². The minimum atomic E-state index is -3.71. The third-order valence-electron chi connectivity index (χ3n) is 3.68. The summed E-state index contributed by atoms with van der Waals surface area (Å²) in [5.74, 6) is -3.64. The summed E-state index contributed by atoms with van der Waals surface area (Å²) in [4.78, 5) is 12.3. The summed E-state index contributed by atoms with van der Waals surface area (Å²) >= 11 is 0.264. The van der Waals surface area contributed by atoms with Gasteiger partial charge in [0.05, 0.1) is 22.5 Å². The number of aromatic nitrogens is 2. The van der Waals surface area contributed by atoms with Crippen LogP contribution in [0.3, 0.4) is 0 Å². The second-order valence-corrected chi connectivity index (χ2v) is 8.54. The third kappa shape index (κ3) is 5.20. The lowest BCUT2D eigenvalue weighted by molar-refractivity contribution is 0.0953. The van der Waals surface area contributed by atoms with Crippen LogP contribution in [0, 0.1) is 0 Å². The maximum Gasteiger partial charge on any atom is 0.288 e. The fraction of sp³-hybridized carbons (Fsp3) is 0.176. The molecule has 1 amide bonds. The van der Waals surface area contributed by atoms with Gasteiger partial charge < -0.3 is 5.32 Å². The van der Waals surface area contributed by atoms with E-state index in [1.807, 2.05) is 0 Å². The maximum atomic E-state index is 12.6. The van der Waals surface area contributed by atoms with Crippen molar-refractivity contribution in [3.05, 3.63) is 60.4 Å². The highest BCUT2D eigenvalue weighted by Crippen LogP contribution is 2.28. The zero-order chi connectivity index (χ0) is 20.1. The van der Waals surface area contributed by atoms with E-state index in [2.05, 4.69) is 15.1 Å². The smallest absolute Gasteiger partial charge is 0.288 e. The number of carbonyl (C=O) groups is 1. The Morgan fingerprint density at radius 3 is 2.79 bits per heavy atom. The lowest BCUT2D eigenvalue weighted by Crippen LogP contribution is -2.31. The highest BCUT2D eigenvalue weighted by molar-refractivity contribution is 7.99. The first-order chi connectivity index (χ1) is 13.3. The number of amides is 1. The van der Waals surface area contributed by atoms with Crippen molar-refractivity contribution >= 4 is 38.9 Å². The molecule has 3 aromatic rings. The van der Waals surface area contributed by atoms with Crippen molar-refractivity contribution in [2.75, 3.05) is 17.0 Å². The number of nitrogens with one attached hydrogen (secondary N) is 2. The molecule has 0 atom stereocenters. The Morgan fingerprint density at radius 1 is 1.21 bits per heavy atom. The number of pyridine rings is 1. The highest BCUT2D eigenvalue weighted by Gasteiger charge is 2.16. The number of benzene rings is 1. The zero-order valence-corrected chi connectivity index (χ0v) is 16.0. The number of hydrogen-bond donors (Lipinski definition) is 2. The summed E-state index contributed by atoms with van der Waals surface area (Å²) in [6, 6.07) is 10.8. The van der Waals surface area contributed by atoms with Gasteiger partial charge in [0.2, 0.25) is 10.0 Å². The van der Waals surface area contributed by atoms with E-state index in [-0.39, 0.29) is 34.5 Å². The highest BCUT2D eigenvalue weighted by atomic mass is 32.2. The van der Waals surface area contributed by atoms with E-state index in [9.17, 15) is 22.0 Å². The second kappa shape index (κ2) is 8.57. The number of rotatable bonds is 8. The zero-order valence-electron chi connectivity index (χ0n) is 14.4. The van der Waals surface area contributed by atoms with Gasteiger partial charge in [-0.15, -0.1) is 0 Å². The topological polar surface area (TPSA) is 92.6 Å². The van der Waals surface area contributed by atoms with E-state index in [1.54, 1.807) is 47.2 Å². The summed E-state index contributed by atoms with van der Waals surface area (Å²) in [5.41, 5.74) is 1.17. The molecule has 2 heterocycles. The van der Waals surface area contributed by atoms with E-state index in [1.165, 1.54) is 12.1 Å². The first kappa shape index (κ1) is 20.1. The number of sulfonamides is 1. The molecule has 0 saturated heterocycles. The van der Waals surface area contributed by atoms with Gasteiger partial charge in [0.1, 0.15) is 0 Å². The summed E-state index contributed by atoms with van der Waals surface area (Å²) in [6.45, 7) is -0.170. The predicted molar refractivity (Wildman–Crippen MR) is 103 cm³/mol. The first-order valence-corrected chi connectivity index (χ1v) is 10.6. The molecule has 0 radical (unpaired) electrons. The third-order valence-corrected chi connectivity index (χ3v) is 5.75. The average molecular weight is 426 g/mol. The predicted octanol–water partition coefficient (Wildman–Crippen LogP) is 2.82. The Kier molecular flexibility index (Phi) is 6.15. The van der Waals surface area contributed by atoms with Crippen molar-refractivity contribution in [2.45, 2.75) is 10.7 Å². The molecule has 3 rings (SSSR count). The average Bonchev–Trinajstić information content (AvgIpc) is 3.08. The van der Waals surface area contributed by atoms with Gasteiger partial charge in [0, 0.05) is 23.8 Å².